The fourth-order valence-corrected chi connectivity index (χ4v) is 2.18. The number of rotatable bonds is 4. The lowest BCUT2D eigenvalue weighted by molar-refractivity contribution is 0.344. The molecular formula is C11H23N. The maximum absolute atomic E-state index is 3.77. The van der Waals surface area contributed by atoms with E-state index in [1.165, 1.54) is 32.1 Å². The molecule has 1 nitrogen and oxygen atoms in total. The van der Waals surface area contributed by atoms with E-state index in [1.54, 1.807) is 0 Å². The van der Waals surface area contributed by atoms with E-state index in [0.717, 1.165) is 18.0 Å². The highest BCUT2D eigenvalue weighted by atomic mass is 15.0. The molecule has 0 saturated heterocycles. The van der Waals surface area contributed by atoms with Gasteiger partial charge in [0.05, 0.1) is 0 Å². The maximum atomic E-state index is 3.77. The number of hydrogen-bond donors (Lipinski definition) is 1. The van der Waals surface area contributed by atoms with Crippen molar-refractivity contribution in [3.8, 4) is 0 Å². The molecule has 1 aliphatic carbocycles. The lowest BCUT2D eigenvalue weighted by atomic mass is 10.0. The Balaban J connectivity index is 2.26. The topological polar surface area (TPSA) is 12.0 Å². The van der Waals surface area contributed by atoms with E-state index in [4.69, 9.17) is 0 Å². The van der Waals surface area contributed by atoms with E-state index in [0.29, 0.717) is 0 Å². The molecule has 0 bridgehead atoms. The van der Waals surface area contributed by atoms with Crippen LogP contribution in [0.3, 0.4) is 0 Å². The first-order chi connectivity index (χ1) is 5.74. The molecule has 0 radical (unpaired) electrons. The van der Waals surface area contributed by atoms with Gasteiger partial charge in [0.25, 0.3) is 0 Å². The summed E-state index contributed by atoms with van der Waals surface area (Å²) in [6.45, 7) is 6.92. The zero-order valence-electron chi connectivity index (χ0n) is 8.77. The summed E-state index contributed by atoms with van der Waals surface area (Å²) in [6, 6.07) is 1.57. The zero-order valence-corrected chi connectivity index (χ0v) is 8.77. The van der Waals surface area contributed by atoms with Crippen LogP contribution in [0.1, 0.15) is 52.9 Å². The Labute approximate surface area is 76.9 Å². The molecule has 0 aromatic rings. The molecule has 1 aliphatic rings. The summed E-state index contributed by atoms with van der Waals surface area (Å²) < 4.78 is 0. The molecule has 0 aromatic heterocycles. The van der Waals surface area contributed by atoms with Crippen LogP contribution in [0.2, 0.25) is 0 Å². The smallest absolute Gasteiger partial charge is 0.00900 e. The predicted octanol–water partition coefficient (Wildman–Crippen LogP) is 2.95. The minimum atomic E-state index is 0.744. The Morgan fingerprint density at radius 1 is 1.25 bits per heavy atom. The monoisotopic (exact) mass is 169 g/mol. The van der Waals surface area contributed by atoms with Gasteiger partial charge < -0.3 is 5.32 Å². The Bertz CT molecular complexity index is 114. The Morgan fingerprint density at radius 2 is 1.83 bits per heavy atom. The first kappa shape index (κ1) is 10.0. The molecule has 0 heterocycles. The minimum absolute atomic E-state index is 0.744. The molecule has 1 fully saturated rings. The molecule has 12 heavy (non-hydrogen) atoms. The van der Waals surface area contributed by atoms with E-state index >= 15 is 0 Å². The molecule has 0 amide bonds. The molecule has 1 atom stereocenters. The third-order valence-electron chi connectivity index (χ3n) is 3.05. The van der Waals surface area contributed by atoms with Crippen LogP contribution in [0.4, 0.5) is 0 Å². The van der Waals surface area contributed by atoms with Gasteiger partial charge >= 0.3 is 0 Å². The van der Waals surface area contributed by atoms with E-state index in [9.17, 15) is 0 Å². The fourth-order valence-electron chi connectivity index (χ4n) is 2.18. The molecule has 1 unspecified atom stereocenters. The van der Waals surface area contributed by atoms with E-state index in [2.05, 4.69) is 26.1 Å². The van der Waals surface area contributed by atoms with Gasteiger partial charge in [0, 0.05) is 12.1 Å². The normalized spacial score (nSPS) is 22.0. The second-order valence-electron chi connectivity index (χ2n) is 4.41. The molecule has 0 aromatic carbocycles. The van der Waals surface area contributed by atoms with Crippen LogP contribution in [0, 0.1) is 5.92 Å². The molecule has 1 rings (SSSR count). The summed E-state index contributed by atoms with van der Waals surface area (Å²) in [6.07, 6.45) is 6.96. The maximum Gasteiger partial charge on any atom is 0.00900 e. The molecule has 0 aliphatic heterocycles. The van der Waals surface area contributed by atoms with Crippen molar-refractivity contribution in [3.63, 3.8) is 0 Å². The van der Waals surface area contributed by atoms with Crippen LogP contribution in [-0.2, 0) is 0 Å². The fraction of sp³-hybridized carbons (Fsp3) is 1.00. The van der Waals surface area contributed by atoms with E-state index < -0.39 is 0 Å². The number of hydrogen-bond acceptors (Lipinski definition) is 1. The van der Waals surface area contributed by atoms with Gasteiger partial charge in [0.1, 0.15) is 0 Å². The zero-order chi connectivity index (χ0) is 8.97. The highest BCUT2D eigenvalue weighted by molar-refractivity contribution is 4.79. The van der Waals surface area contributed by atoms with Gasteiger partial charge in [-0.05, 0) is 25.2 Å². The first-order valence-corrected chi connectivity index (χ1v) is 5.50. The number of nitrogens with one attached hydrogen (secondary N) is 1. The van der Waals surface area contributed by atoms with Crippen molar-refractivity contribution in [2.75, 3.05) is 0 Å². The van der Waals surface area contributed by atoms with Gasteiger partial charge in [-0.15, -0.1) is 0 Å². The van der Waals surface area contributed by atoms with Gasteiger partial charge in [-0.25, -0.2) is 0 Å². The Morgan fingerprint density at radius 3 is 2.25 bits per heavy atom. The Kier molecular flexibility index (Phi) is 4.07. The summed E-state index contributed by atoms with van der Waals surface area (Å²) in [7, 11) is 0. The van der Waals surface area contributed by atoms with Gasteiger partial charge in [0.15, 0.2) is 0 Å². The third-order valence-corrected chi connectivity index (χ3v) is 3.05. The lowest BCUT2D eigenvalue weighted by Crippen LogP contribution is -2.39. The second-order valence-corrected chi connectivity index (χ2v) is 4.41. The molecule has 1 N–H and O–H groups in total. The lowest BCUT2D eigenvalue weighted by Gasteiger charge is -2.24. The van der Waals surface area contributed by atoms with Crippen LogP contribution >= 0.6 is 0 Å². The van der Waals surface area contributed by atoms with Crippen molar-refractivity contribution >= 4 is 0 Å². The standard InChI is InChI=1S/C11H23N/c1-4-11(9(2)3)12-10-7-5-6-8-10/h9-12H,4-8H2,1-3H3. The van der Waals surface area contributed by atoms with E-state index in [-0.39, 0.29) is 0 Å². The molecule has 0 spiro atoms. The van der Waals surface area contributed by atoms with Gasteiger partial charge in [-0.3, -0.25) is 0 Å². The van der Waals surface area contributed by atoms with E-state index in [1.807, 2.05) is 0 Å². The van der Waals surface area contributed by atoms with Crippen molar-refractivity contribution in [1.82, 2.24) is 5.32 Å². The third kappa shape index (κ3) is 2.78. The van der Waals surface area contributed by atoms with Gasteiger partial charge in [-0.1, -0.05) is 33.6 Å². The summed E-state index contributed by atoms with van der Waals surface area (Å²) in [4.78, 5) is 0. The molecule has 1 saturated carbocycles. The van der Waals surface area contributed by atoms with Crippen molar-refractivity contribution in [1.29, 1.82) is 0 Å². The Hall–Kier alpha value is -0.0400. The summed E-state index contributed by atoms with van der Waals surface area (Å²) in [5.41, 5.74) is 0. The predicted molar refractivity (Wildman–Crippen MR) is 54.3 cm³/mol. The molecular weight excluding hydrogens is 146 g/mol. The van der Waals surface area contributed by atoms with Crippen molar-refractivity contribution < 1.29 is 0 Å². The van der Waals surface area contributed by atoms with Crippen molar-refractivity contribution in [3.05, 3.63) is 0 Å². The van der Waals surface area contributed by atoms with Gasteiger partial charge in [-0.2, -0.15) is 0 Å². The van der Waals surface area contributed by atoms with Crippen LogP contribution < -0.4 is 5.32 Å². The largest absolute Gasteiger partial charge is 0.311 e. The average molecular weight is 169 g/mol. The molecule has 72 valence electrons. The van der Waals surface area contributed by atoms with Crippen LogP contribution in [0.5, 0.6) is 0 Å². The van der Waals surface area contributed by atoms with Crippen LogP contribution in [0.25, 0.3) is 0 Å². The highest BCUT2D eigenvalue weighted by Crippen LogP contribution is 2.19. The summed E-state index contributed by atoms with van der Waals surface area (Å²) in [5, 5.41) is 3.77. The van der Waals surface area contributed by atoms with Crippen LogP contribution in [-0.4, -0.2) is 12.1 Å². The minimum Gasteiger partial charge on any atom is -0.311 e. The van der Waals surface area contributed by atoms with Crippen molar-refractivity contribution in [2.45, 2.75) is 65.0 Å². The summed E-state index contributed by atoms with van der Waals surface area (Å²) >= 11 is 0. The molecule has 1 heteroatoms. The second kappa shape index (κ2) is 4.86. The highest BCUT2D eigenvalue weighted by Gasteiger charge is 2.19. The summed E-state index contributed by atoms with van der Waals surface area (Å²) in [5.74, 6) is 0.788. The first-order valence-electron chi connectivity index (χ1n) is 5.50. The quantitative estimate of drug-likeness (QED) is 0.682. The van der Waals surface area contributed by atoms with Crippen molar-refractivity contribution in [2.24, 2.45) is 5.92 Å². The van der Waals surface area contributed by atoms with Crippen LogP contribution in [0.15, 0.2) is 0 Å². The van der Waals surface area contributed by atoms with Gasteiger partial charge in [0.2, 0.25) is 0 Å². The SMILES string of the molecule is CCC(NC1CCCC1)C(C)C. The average Bonchev–Trinajstić information content (AvgIpc) is 2.51.